The first-order chi connectivity index (χ1) is 25.2. The van der Waals surface area contributed by atoms with Crippen molar-refractivity contribution in [2.45, 2.75) is 0 Å². The molecule has 6 heteroatoms. The molecule has 0 N–H and O–H groups in total. The fourth-order valence-corrected chi connectivity index (χ4v) is 9.14. The van der Waals surface area contributed by atoms with Crippen LogP contribution in [0, 0.1) is 0 Å². The lowest BCUT2D eigenvalue weighted by Gasteiger charge is -2.12. The second-order valence-corrected chi connectivity index (χ2v) is 14.5. The number of nitrogens with zero attached hydrogens (tertiary/aromatic N) is 4. The molecule has 240 valence electrons. The van der Waals surface area contributed by atoms with Crippen molar-refractivity contribution in [3.8, 4) is 51.0 Å². The highest BCUT2D eigenvalue weighted by molar-refractivity contribution is 9.10. The molecule has 0 atom stereocenters. The molecule has 3 aromatic heterocycles. The summed E-state index contributed by atoms with van der Waals surface area (Å²) in [5, 5.41) is 4.74. The largest absolute Gasteiger partial charge is 0.276 e. The van der Waals surface area contributed by atoms with Crippen LogP contribution in [-0.4, -0.2) is 19.5 Å². The average Bonchev–Trinajstić information content (AvgIpc) is 3.75. The van der Waals surface area contributed by atoms with Crippen LogP contribution in [0.2, 0.25) is 0 Å². The number of rotatable bonds is 5. The van der Waals surface area contributed by atoms with Gasteiger partial charge in [-0.2, -0.15) is 9.97 Å². The van der Waals surface area contributed by atoms with Crippen LogP contribution in [-0.2, 0) is 0 Å². The molecule has 0 radical (unpaired) electrons. The third kappa shape index (κ3) is 5.06. The highest BCUT2D eigenvalue weighted by atomic mass is 79.9. The van der Waals surface area contributed by atoms with Crippen molar-refractivity contribution in [2.24, 2.45) is 0 Å². The van der Waals surface area contributed by atoms with Gasteiger partial charge in [0.25, 0.3) is 0 Å². The van der Waals surface area contributed by atoms with Gasteiger partial charge in [-0.15, -0.1) is 11.3 Å². The van der Waals surface area contributed by atoms with E-state index in [1.54, 1.807) is 0 Å². The van der Waals surface area contributed by atoms with E-state index in [9.17, 15) is 0 Å². The third-order valence-electron chi connectivity index (χ3n) is 9.56. The molecule has 10 aromatic rings. The number of para-hydroxylation sites is 1. The maximum Gasteiger partial charge on any atom is 0.238 e. The highest BCUT2D eigenvalue weighted by Crippen LogP contribution is 2.46. The predicted octanol–water partition coefficient (Wildman–Crippen LogP) is 12.8. The van der Waals surface area contributed by atoms with Crippen molar-refractivity contribution >= 4 is 69.2 Å². The van der Waals surface area contributed by atoms with Gasteiger partial charge in [-0.1, -0.05) is 162 Å². The minimum Gasteiger partial charge on any atom is -0.276 e. The summed E-state index contributed by atoms with van der Waals surface area (Å²) in [6, 6.07) is 57.2. The zero-order valence-corrected chi connectivity index (χ0v) is 29.6. The van der Waals surface area contributed by atoms with E-state index in [-0.39, 0.29) is 0 Å². The molecule has 0 amide bonds. The van der Waals surface area contributed by atoms with Crippen LogP contribution in [0.3, 0.4) is 0 Å². The van der Waals surface area contributed by atoms with Gasteiger partial charge in [0.2, 0.25) is 5.95 Å². The predicted molar refractivity (Wildman–Crippen MR) is 216 cm³/mol. The number of fused-ring (bicyclic) bond motifs is 7. The molecular formula is C45H27BrN4S. The van der Waals surface area contributed by atoms with E-state index < -0.39 is 0 Å². The Bertz CT molecular complexity index is 2790. The molecule has 0 bridgehead atoms. The van der Waals surface area contributed by atoms with Gasteiger partial charge in [0, 0.05) is 41.8 Å². The van der Waals surface area contributed by atoms with E-state index in [1.807, 2.05) is 23.5 Å². The Morgan fingerprint density at radius 2 is 0.941 bits per heavy atom. The molecule has 10 rings (SSSR count). The lowest BCUT2D eigenvalue weighted by atomic mass is 10.0. The first-order valence-corrected chi connectivity index (χ1v) is 18.4. The molecule has 0 spiro atoms. The van der Waals surface area contributed by atoms with Crippen molar-refractivity contribution < 1.29 is 0 Å². The van der Waals surface area contributed by atoms with E-state index >= 15 is 0 Å². The maximum atomic E-state index is 5.26. The molecule has 0 saturated carbocycles. The maximum absolute atomic E-state index is 5.26. The van der Waals surface area contributed by atoms with Crippen molar-refractivity contribution in [3.63, 3.8) is 0 Å². The summed E-state index contributed by atoms with van der Waals surface area (Å²) in [7, 11) is 0. The van der Waals surface area contributed by atoms with Crippen molar-refractivity contribution in [3.05, 3.63) is 168 Å². The number of aromatic nitrogens is 4. The first-order valence-electron chi connectivity index (χ1n) is 16.8. The molecule has 0 aliphatic rings. The molecule has 0 fully saturated rings. The smallest absolute Gasteiger partial charge is 0.238 e. The van der Waals surface area contributed by atoms with Gasteiger partial charge < -0.3 is 0 Å². The monoisotopic (exact) mass is 734 g/mol. The fraction of sp³-hybridized carbons (Fsp3) is 0. The van der Waals surface area contributed by atoms with Gasteiger partial charge in [0.1, 0.15) is 0 Å². The normalized spacial score (nSPS) is 11.6. The van der Waals surface area contributed by atoms with Crippen LogP contribution in [0.4, 0.5) is 0 Å². The zero-order valence-electron chi connectivity index (χ0n) is 27.2. The van der Waals surface area contributed by atoms with Gasteiger partial charge in [-0.25, -0.2) is 4.98 Å². The number of benzene rings is 7. The standard InChI is InChI=1S/C45H27BrN4S/c46-37-27-36-34-15-7-9-17-38(34)50(41(36)42-40(37)35-16-8-10-18-39(35)51-42)45-48-43(32-23-19-30(20-24-32)28-11-3-1-4-12-28)47-44(49-45)33-25-21-31(22-26-33)29-13-5-2-6-14-29/h1-27H. The Morgan fingerprint density at radius 3 is 1.55 bits per heavy atom. The minimum atomic E-state index is 0.585. The van der Waals surface area contributed by atoms with Crippen LogP contribution in [0.5, 0.6) is 0 Å². The quantitative estimate of drug-likeness (QED) is 0.177. The van der Waals surface area contributed by atoms with E-state index in [0.717, 1.165) is 48.5 Å². The number of thiophene rings is 1. The van der Waals surface area contributed by atoms with Gasteiger partial charge in [0.05, 0.1) is 15.7 Å². The molecule has 4 nitrogen and oxygen atoms in total. The van der Waals surface area contributed by atoms with E-state index in [1.165, 1.54) is 31.3 Å². The summed E-state index contributed by atoms with van der Waals surface area (Å²) in [5.41, 5.74) is 8.62. The Labute approximate surface area is 306 Å². The molecule has 0 aliphatic heterocycles. The summed E-state index contributed by atoms with van der Waals surface area (Å²) in [4.78, 5) is 15.6. The van der Waals surface area contributed by atoms with Crippen molar-refractivity contribution in [1.82, 2.24) is 19.5 Å². The minimum absolute atomic E-state index is 0.585. The summed E-state index contributed by atoms with van der Waals surface area (Å²) in [6.07, 6.45) is 0. The molecule has 3 heterocycles. The number of halogens is 1. The summed E-state index contributed by atoms with van der Waals surface area (Å²) < 4.78 is 5.76. The van der Waals surface area contributed by atoms with Gasteiger partial charge in [0.15, 0.2) is 11.6 Å². The molecular weight excluding hydrogens is 708 g/mol. The van der Waals surface area contributed by atoms with Crippen molar-refractivity contribution in [1.29, 1.82) is 0 Å². The van der Waals surface area contributed by atoms with E-state index in [4.69, 9.17) is 15.0 Å². The number of hydrogen-bond donors (Lipinski definition) is 0. The summed E-state index contributed by atoms with van der Waals surface area (Å²) in [5.74, 6) is 1.83. The summed E-state index contributed by atoms with van der Waals surface area (Å²) >= 11 is 5.76. The topological polar surface area (TPSA) is 43.6 Å². The molecule has 0 saturated heterocycles. The lowest BCUT2D eigenvalue weighted by Crippen LogP contribution is -2.06. The molecule has 7 aromatic carbocycles. The zero-order chi connectivity index (χ0) is 33.9. The van der Waals surface area contributed by atoms with Crippen LogP contribution in [0.25, 0.3) is 93.0 Å². The summed E-state index contributed by atoms with van der Waals surface area (Å²) in [6.45, 7) is 0. The van der Waals surface area contributed by atoms with Crippen molar-refractivity contribution in [2.75, 3.05) is 0 Å². The Hall–Kier alpha value is -5.95. The van der Waals surface area contributed by atoms with E-state index in [2.05, 4.69) is 172 Å². The lowest BCUT2D eigenvalue weighted by molar-refractivity contribution is 0.955. The SMILES string of the molecule is Brc1cc2c3ccccc3n(-c3nc(-c4ccc(-c5ccccc5)cc4)nc(-c4ccc(-c5ccccc5)cc4)n3)c2c2sc3ccccc3c12. The third-order valence-corrected chi connectivity index (χ3v) is 11.4. The molecule has 0 aliphatic carbocycles. The Kier molecular flexibility index (Phi) is 7.11. The van der Waals surface area contributed by atoms with Crippen LogP contribution in [0.15, 0.2) is 168 Å². The number of hydrogen-bond acceptors (Lipinski definition) is 4. The Balaban J connectivity index is 1.23. The van der Waals surface area contributed by atoms with Crippen LogP contribution >= 0.6 is 27.3 Å². The van der Waals surface area contributed by atoms with Gasteiger partial charge in [-0.05, 0) is 40.5 Å². The second-order valence-electron chi connectivity index (χ2n) is 12.6. The van der Waals surface area contributed by atoms with Gasteiger partial charge in [-0.3, -0.25) is 4.57 Å². The fourth-order valence-electron chi connectivity index (χ4n) is 7.10. The van der Waals surface area contributed by atoms with Crippen LogP contribution < -0.4 is 0 Å². The van der Waals surface area contributed by atoms with E-state index in [0.29, 0.717) is 17.6 Å². The average molecular weight is 736 g/mol. The first kappa shape index (κ1) is 29.9. The van der Waals surface area contributed by atoms with Gasteiger partial charge >= 0.3 is 0 Å². The molecule has 0 unspecified atom stereocenters. The molecule has 51 heavy (non-hydrogen) atoms. The highest BCUT2D eigenvalue weighted by Gasteiger charge is 2.22. The Morgan fingerprint density at radius 1 is 0.451 bits per heavy atom. The van der Waals surface area contributed by atoms with Crippen LogP contribution in [0.1, 0.15) is 0 Å². The second kappa shape index (κ2) is 12.1.